The Balaban J connectivity index is 0.000000426. The Labute approximate surface area is 227 Å². The molecule has 0 atom stereocenters. The summed E-state index contributed by atoms with van der Waals surface area (Å²) in [4.78, 5) is 32.7. The van der Waals surface area contributed by atoms with Crippen molar-refractivity contribution in [1.82, 2.24) is 15.0 Å². The van der Waals surface area contributed by atoms with Crippen LogP contribution in [0, 0.1) is 4.84 Å². The van der Waals surface area contributed by atoms with Crippen LogP contribution in [-0.2, 0) is 16.0 Å². The van der Waals surface area contributed by atoms with Gasteiger partial charge in [0.15, 0.2) is 5.82 Å². The van der Waals surface area contributed by atoms with Gasteiger partial charge in [-0.2, -0.15) is 0 Å². The third kappa shape index (κ3) is 5.69. The number of nitrogens with zero attached hydrogens (tertiary/aromatic N) is 3. The molecule has 8 nitrogen and oxygen atoms in total. The molecule has 0 spiro atoms. The maximum atomic E-state index is 13.2. The minimum Gasteiger partial charge on any atom is -0.324 e. The van der Waals surface area contributed by atoms with Gasteiger partial charge in [0, 0.05) is 16.6 Å². The summed E-state index contributed by atoms with van der Waals surface area (Å²) in [6.45, 7) is 12.2. The molecule has 0 saturated carbocycles. The van der Waals surface area contributed by atoms with Crippen LogP contribution in [0.1, 0.15) is 39.7 Å². The van der Waals surface area contributed by atoms with Gasteiger partial charge in [-0.25, -0.2) is 0 Å². The highest BCUT2D eigenvalue weighted by Gasteiger charge is 2.29. The Kier molecular flexibility index (Phi) is 8.70. The van der Waals surface area contributed by atoms with E-state index in [2.05, 4.69) is 48.1 Å². The number of carbonyl (C=O) groups is 2. The Morgan fingerprint density at radius 1 is 0.974 bits per heavy atom. The summed E-state index contributed by atoms with van der Waals surface area (Å²) in [5.74, 6) is -0.171. The highest BCUT2D eigenvalue weighted by Crippen LogP contribution is 2.42. The van der Waals surface area contributed by atoms with Gasteiger partial charge >= 0.3 is 0 Å². The number of hydrogen-bond acceptors (Lipinski definition) is 6. The van der Waals surface area contributed by atoms with Crippen LogP contribution in [0.5, 0.6) is 0 Å². The lowest BCUT2D eigenvalue weighted by atomic mass is 9.98. The Morgan fingerprint density at radius 2 is 1.68 bits per heavy atom. The van der Waals surface area contributed by atoms with Gasteiger partial charge in [0.2, 0.25) is 11.8 Å². The second-order valence-electron chi connectivity index (χ2n) is 8.90. The highest BCUT2D eigenvalue weighted by molar-refractivity contribution is 7.71. The SMILES string of the molecule is CCN(CC)CC.CCc1cc2c(c3ccccc13)NC(=O)CC(=O)N2c1cccc(-c2noc(=S)[nH]2)c1. The van der Waals surface area contributed by atoms with Crippen molar-refractivity contribution in [2.24, 2.45) is 0 Å². The zero-order valence-corrected chi connectivity index (χ0v) is 23.0. The Morgan fingerprint density at radius 3 is 2.29 bits per heavy atom. The van der Waals surface area contributed by atoms with E-state index in [0.29, 0.717) is 28.5 Å². The van der Waals surface area contributed by atoms with Crippen molar-refractivity contribution in [3.63, 3.8) is 0 Å². The molecule has 1 aliphatic heterocycles. The molecule has 0 fully saturated rings. The first kappa shape index (κ1) is 27.2. The number of amides is 2. The summed E-state index contributed by atoms with van der Waals surface area (Å²) in [5.41, 5.74) is 3.72. The maximum absolute atomic E-state index is 13.2. The van der Waals surface area contributed by atoms with Crippen LogP contribution in [0.3, 0.4) is 0 Å². The van der Waals surface area contributed by atoms with Crippen LogP contribution in [0.4, 0.5) is 17.1 Å². The number of aryl methyl sites for hydroxylation is 1. The zero-order valence-electron chi connectivity index (χ0n) is 22.2. The lowest BCUT2D eigenvalue weighted by Gasteiger charge is -2.25. The standard InChI is InChI=1S/C23H18N4O3S.C6H15N/c1-2-13-11-18-21(17-9-4-3-8-16(13)17)24-19(28)12-20(29)27(18)15-7-5-6-14(10-15)22-25-23(31)30-26-22;1-4-7(5-2)6-3/h3-11H,2,12H2,1H3,(H,24,28)(H,25,26,31);4-6H2,1-3H3. The van der Waals surface area contributed by atoms with Crippen molar-refractivity contribution in [3.05, 3.63) is 65.0 Å². The number of anilines is 3. The molecule has 0 aliphatic carbocycles. The van der Waals surface area contributed by atoms with Gasteiger partial charge < -0.3 is 14.7 Å². The van der Waals surface area contributed by atoms with Gasteiger partial charge in [-0.05, 0) is 67.4 Å². The van der Waals surface area contributed by atoms with Crippen LogP contribution in [0.25, 0.3) is 22.2 Å². The van der Waals surface area contributed by atoms with Crippen molar-refractivity contribution in [2.45, 2.75) is 40.5 Å². The van der Waals surface area contributed by atoms with Crippen LogP contribution in [0.2, 0.25) is 0 Å². The van der Waals surface area contributed by atoms with E-state index >= 15 is 0 Å². The Bertz CT molecular complexity index is 1500. The minimum absolute atomic E-state index is 0.172. The predicted molar refractivity (Wildman–Crippen MR) is 154 cm³/mol. The monoisotopic (exact) mass is 531 g/mol. The van der Waals surface area contributed by atoms with Crippen molar-refractivity contribution < 1.29 is 14.1 Å². The summed E-state index contributed by atoms with van der Waals surface area (Å²) >= 11 is 4.97. The van der Waals surface area contributed by atoms with E-state index in [4.69, 9.17) is 16.7 Å². The molecule has 5 rings (SSSR count). The molecule has 0 unspecified atom stereocenters. The molecule has 4 aromatic rings. The van der Waals surface area contributed by atoms with Gasteiger partial charge in [0.05, 0.1) is 11.4 Å². The van der Waals surface area contributed by atoms with E-state index in [1.807, 2.05) is 54.6 Å². The summed E-state index contributed by atoms with van der Waals surface area (Å²) in [6.07, 6.45) is 0.542. The molecule has 1 aromatic heterocycles. The number of hydrogen-bond donors (Lipinski definition) is 2. The number of aromatic nitrogens is 2. The average Bonchev–Trinajstić information content (AvgIpc) is 3.32. The molecular formula is C29H33N5O3S. The molecule has 2 amide bonds. The number of fused-ring (bicyclic) bond motifs is 3. The molecule has 0 radical (unpaired) electrons. The molecule has 2 heterocycles. The summed E-state index contributed by atoms with van der Waals surface area (Å²) in [7, 11) is 0. The molecule has 0 saturated heterocycles. The van der Waals surface area contributed by atoms with E-state index in [-0.39, 0.29) is 23.1 Å². The molecule has 2 N–H and O–H groups in total. The number of aromatic amines is 1. The normalized spacial score (nSPS) is 13.1. The van der Waals surface area contributed by atoms with Crippen molar-refractivity contribution in [1.29, 1.82) is 0 Å². The number of carbonyl (C=O) groups excluding carboxylic acids is 2. The lowest BCUT2D eigenvalue weighted by molar-refractivity contribution is -0.124. The quantitative estimate of drug-likeness (QED) is 0.219. The molecule has 9 heteroatoms. The summed E-state index contributed by atoms with van der Waals surface area (Å²) < 4.78 is 4.97. The summed E-state index contributed by atoms with van der Waals surface area (Å²) in [5, 5.41) is 8.84. The van der Waals surface area contributed by atoms with Crippen LogP contribution < -0.4 is 10.2 Å². The minimum atomic E-state index is -0.333. The lowest BCUT2D eigenvalue weighted by Crippen LogP contribution is -2.26. The van der Waals surface area contributed by atoms with E-state index in [0.717, 1.165) is 22.8 Å². The fraction of sp³-hybridized carbons (Fsp3) is 0.310. The molecule has 1 aliphatic rings. The second-order valence-corrected chi connectivity index (χ2v) is 9.27. The first-order chi connectivity index (χ1) is 18.4. The molecule has 3 aromatic carbocycles. The number of benzene rings is 3. The third-order valence-electron chi connectivity index (χ3n) is 6.72. The largest absolute Gasteiger partial charge is 0.324 e. The first-order valence-electron chi connectivity index (χ1n) is 13.0. The van der Waals surface area contributed by atoms with Gasteiger partial charge in [-0.15, -0.1) is 0 Å². The number of H-pyrrole nitrogens is 1. The van der Waals surface area contributed by atoms with Crippen molar-refractivity contribution in [2.75, 3.05) is 29.9 Å². The fourth-order valence-electron chi connectivity index (χ4n) is 4.67. The third-order valence-corrected chi connectivity index (χ3v) is 6.89. The average molecular weight is 532 g/mol. The topological polar surface area (TPSA) is 94.5 Å². The van der Waals surface area contributed by atoms with Crippen molar-refractivity contribution in [3.8, 4) is 11.4 Å². The maximum Gasteiger partial charge on any atom is 0.295 e. The van der Waals surface area contributed by atoms with Crippen LogP contribution in [-0.4, -0.2) is 46.5 Å². The van der Waals surface area contributed by atoms with Gasteiger partial charge in [0.25, 0.3) is 4.84 Å². The highest BCUT2D eigenvalue weighted by atomic mass is 32.1. The van der Waals surface area contributed by atoms with Crippen LogP contribution in [0.15, 0.2) is 59.1 Å². The van der Waals surface area contributed by atoms with Gasteiger partial charge in [0.1, 0.15) is 6.42 Å². The molecule has 0 bridgehead atoms. The molecular weight excluding hydrogens is 498 g/mol. The first-order valence-corrected chi connectivity index (χ1v) is 13.4. The fourth-order valence-corrected chi connectivity index (χ4v) is 4.80. The number of rotatable bonds is 6. The molecule has 198 valence electrons. The number of nitrogens with one attached hydrogen (secondary N) is 2. The van der Waals surface area contributed by atoms with Gasteiger partial charge in [-0.3, -0.25) is 19.5 Å². The van der Waals surface area contributed by atoms with Gasteiger partial charge in [-0.1, -0.05) is 69.2 Å². The van der Waals surface area contributed by atoms with E-state index < -0.39 is 0 Å². The summed E-state index contributed by atoms with van der Waals surface area (Å²) in [6, 6.07) is 17.2. The molecule has 38 heavy (non-hydrogen) atoms. The van der Waals surface area contributed by atoms with E-state index in [1.165, 1.54) is 19.6 Å². The Hall–Kier alpha value is -3.82. The smallest absolute Gasteiger partial charge is 0.295 e. The zero-order chi connectivity index (χ0) is 27.2. The van der Waals surface area contributed by atoms with Crippen LogP contribution >= 0.6 is 12.2 Å². The predicted octanol–water partition coefficient (Wildman–Crippen LogP) is 6.47. The van der Waals surface area contributed by atoms with Crippen molar-refractivity contribution >= 4 is 51.9 Å². The van der Waals surface area contributed by atoms with E-state index in [9.17, 15) is 9.59 Å². The second kappa shape index (κ2) is 12.1. The van der Waals surface area contributed by atoms with E-state index in [1.54, 1.807) is 4.90 Å².